The second kappa shape index (κ2) is 4.30. The summed E-state index contributed by atoms with van der Waals surface area (Å²) in [5, 5.41) is 0. The van der Waals surface area contributed by atoms with E-state index in [1.54, 1.807) is 23.6 Å². The molecule has 2 aromatic rings. The third-order valence-electron chi connectivity index (χ3n) is 2.10. The van der Waals surface area contributed by atoms with Crippen LogP contribution in [0.4, 0.5) is 4.39 Å². The minimum absolute atomic E-state index is 0.108. The standard InChI is InChI=1S/C11H11FN2O2/c1-2-16-11(15)5-9-7-14-6-8(12)3-4-10(14)13-9/h3-4,6-7H,2,5H2,1H3. The predicted molar refractivity (Wildman–Crippen MR) is 55.5 cm³/mol. The van der Waals surface area contributed by atoms with Crippen molar-refractivity contribution >= 4 is 11.6 Å². The molecule has 2 rings (SSSR count). The number of carbonyl (C=O) groups excluding carboxylic acids is 1. The third-order valence-corrected chi connectivity index (χ3v) is 2.10. The number of hydrogen-bond donors (Lipinski definition) is 0. The molecule has 2 aromatic heterocycles. The molecule has 0 aliphatic rings. The van der Waals surface area contributed by atoms with Gasteiger partial charge in [-0.25, -0.2) is 9.37 Å². The van der Waals surface area contributed by atoms with Crippen molar-refractivity contribution in [1.29, 1.82) is 0 Å². The fourth-order valence-electron chi connectivity index (χ4n) is 1.46. The molecule has 0 N–H and O–H groups in total. The van der Waals surface area contributed by atoms with Gasteiger partial charge in [-0.15, -0.1) is 0 Å². The molecule has 0 fully saturated rings. The van der Waals surface area contributed by atoms with Gasteiger partial charge in [0.25, 0.3) is 0 Å². The Hall–Kier alpha value is -1.91. The van der Waals surface area contributed by atoms with Crippen LogP contribution in [-0.2, 0) is 16.0 Å². The Labute approximate surface area is 91.7 Å². The molecule has 4 nitrogen and oxygen atoms in total. The summed E-state index contributed by atoms with van der Waals surface area (Å²) in [5.41, 5.74) is 1.18. The number of rotatable bonds is 3. The van der Waals surface area contributed by atoms with Gasteiger partial charge in [-0.1, -0.05) is 0 Å². The highest BCUT2D eigenvalue weighted by Gasteiger charge is 2.08. The van der Waals surface area contributed by atoms with Crippen LogP contribution >= 0.6 is 0 Å². The number of aromatic nitrogens is 2. The maximum absolute atomic E-state index is 12.9. The Kier molecular flexibility index (Phi) is 2.85. The lowest BCUT2D eigenvalue weighted by Gasteiger charge is -1.97. The first-order valence-corrected chi connectivity index (χ1v) is 4.98. The van der Waals surface area contributed by atoms with Crippen LogP contribution in [0.5, 0.6) is 0 Å². The maximum atomic E-state index is 12.9. The van der Waals surface area contributed by atoms with Crippen molar-refractivity contribution in [2.75, 3.05) is 6.61 Å². The van der Waals surface area contributed by atoms with Gasteiger partial charge < -0.3 is 9.14 Å². The zero-order valence-electron chi connectivity index (χ0n) is 8.81. The van der Waals surface area contributed by atoms with Gasteiger partial charge >= 0.3 is 5.97 Å². The molecular formula is C11H11FN2O2. The van der Waals surface area contributed by atoms with E-state index in [1.807, 2.05) is 0 Å². The molecule has 0 unspecified atom stereocenters. The van der Waals surface area contributed by atoms with E-state index >= 15 is 0 Å². The van der Waals surface area contributed by atoms with Crippen LogP contribution in [0.15, 0.2) is 24.5 Å². The van der Waals surface area contributed by atoms with Crippen molar-refractivity contribution in [1.82, 2.24) is 9.38 Å². The summed E-state index contributed by atoms with van der Waals surface area (Å²) < 4.78 is 19.2. The molecule has 0 aromatic carbocycles. The average molecular weight is 222 g/mol. The summed E-state index contributed by atoms with van der Waals surface area (Å²) in [4.78, 5) is 15.4. The van der Waals surface area contributed by atoms with Gasteiger partial charge in [-0.3, -0.25) is 4.79 Å². The number of nitrogens with zero attached hydrogens (tertiary/aromatic N) is 2. The molecule has 0 saturated heterocycles. The molecule has 0 bridgehead atoms. The van der Waals surface area contributed by atoms with E-state index in [9.17, 15) is 9.18 Å². The van der Waals surface area contributed by atoms with Gasteiger partial charge in [0.2, 0.25) is 0 Å². The van der Waals surface area contributed by atoms with E-state index in [1.165, 1.54) is 12.3 Å². The van der Waals surface area contributed by atoms with Gasteiger partial charge in [-0.2, -0.15) is 0 Å². The van der Waals surface area contributed by atoms with Gasteiger partial charge in [0.1, 0.15) is 11.5 Å². The summed E-state index contributed by atoms with van der Waals surface area (Å²) in [6.07, 6.45) is 3.05. The highest BCUT2D eigenvalue weighted by atomic mass is 19.1. The Balaban J connectivity index is 2.23. The number of esters is 1. The fraction of sp³-hybridized carbons (Fsp3) is 0.273. The zero-order valence-corrected chi connectivity index (χ0v) is 8.81. The van der Waals surface area contributed by atoms with Gasteiger partial charge in [0, 0.05) is 12.4 Å². The van der Waals surface area contributed by atoms with Gasteiger partial charge in [-0.05, 0) is 19.1 Å². The summed E-state index contributed by atoms with van der Waals surface area (Å²) >= 11 is 0. The molecule has 5 heteroatoms. The van der Waals surface area contributed by atoms with E-state index in [0.717, 1.165) is 0 Å². The van der Waals surface area contributed by atoms with Crippen molar-refractivity contribution in [3.8, 4) is 0 Å². The number of fused-ring (bicyclic) bond motifs is 1. The van der Waals surface area contributed by atoms with Gasteiger partial charge in [0.15, 0.2) is 0 Å². The molecule has 0 amide bonds. The van der Waals surface area contributed by atoms with Crippen molar-refractivity contribution in [3.05, 3.63) is 36.0 Å². The van der Waals surface area contributed by atoms with E-state index in [0.29, 0.717) is 17.9 Å². The summed E-state index contributed by atoms with van der Waals surface area (Å²) in [6, 6.07) is 2.89. The van der Waals surface area contributed by atoms with E-state index in [4.69, 9.17) is 4.74 Å². The third kappa shape index (κ3) is 2.18. The summed E-state index contributed by atoms with van der Waals surface area (Å²) in [5.74, 6) is -0.668. The summed E-state index contributed by atoms with van der Waals surface area (Å²) in [6.45, 7) is 2.10. The molecule has 84 valence electrons. The molecule has 16 heavy (non-hydrogen) atoms. The Morgan fingerprint density at radius 1 is 1.50 bits per heavy atom. The molecule has 2 heterocycles. The quantitative estimate of drug-likeness (QED) is 0.740. The highest BCUT2D eigenvalue weighted by Crippen LogP contribution is 2.07. The molecule has 0 radical (unpaired) electrons. The van der Waals surface area contributed by atoms with Gasteiger partial charge in [0.05, 0.1) is 18.7 Å². The number of ether oxygens (including phenoxy) is 1. The van der Waals surface area contributed by atoms with Crippen LogP contribution in [-0.4, -0.2) is 22.0 Å². The molecular weight excluding hydrogens is 211 g/mol. The van der Waals surface area contributed by atoms with Crippen molar-refractivity contribution in [2.24, 2.45) is 0 Å². The minimum Gasteiger partial charge on any atom is -0.466 e. The topological polar surface area (TPSA) is 43.6 Å². The van der Waals surface area contributed by atoms with E-state index < -0.39 is 0 Å². The fourth-order valence-corrected chi connectivity index (χ4v) is 1.46. The normalized spacial score (nSPS) is 10.6. The zero-order chi connectivity index (χ0) is 11.5. The monoisotopic (exact) mass is 222 g/mol. The largest absolute Gasteiger partial charge is 0.466 e. The number of hydrogen-bond acceptors (Lipinski definition) is 3. The van der Waals surface area contributed by atoms with Crippen LogP contribution < -0.4 is 0 Å². The lowest BCUT2D eigenvalue weighted by Crippen LogP contribution is -2.07. The number of halogens is 1. The summed E-state index contributed by atoms with van der Waals surface area (Å²) in [7, 11) is 0. The smallest absolute Gasteiger partial charge is 0.311 e. The Bertz CT molecular complexity index is 522. The number of carbonyl (C=O) groups is 1. The van der Waals surface area contributed by atoms with Crippen molar-refractivity contribution in [3.63, 3.8) is 0 Å². The number of pyridine rings is 1. The van der Waals surface area contributed by atoms with E-state index in [-0.39, 0.29) is 18.2 Å². The molecule has 0 saturated carbocycles. The molecule has 0 aliphatic carbocycles. The lowest BCUT2D eigenvalue weighted by atomic mass is 10.3. The second-order valence-electron chi connectivity index (χ2n) is 3.33. The van der Waals surface area contributed by atoms with Crippen LogP contribution in [0.3, 0.4) is 0 Å². The molecule has 0 spiro atoms. The molecule has 0 atom stereocenters. The van der Waals surface area contributed by atoms with Crippen LogP contribution in [0.25, 0.3) is 5.65 Å². The average Bonchev–Trinajstić information content (AvgIpc) is 2.59. The first kappa shape index (κ1) is 10.6. The Morgan fingerprint density at radius 2 is 2.31 bits per heavy atom. The second-order valence-corrected chi connectivity index (χ2v) is 3.33. The Morgan fingerprint density at radius 3 is 3.06 bits per heavy atom. The van der Waals surface area contributed by atoms with Crippen molar-refractivity contribution < 1.29 is 13.9 Å². The van der Waals surface area contributed by atoms with Crippen molar-refractivity contribution in [2.45, 2.75) is 13.3 Å². The SMILES string of the molecule is CCOC(=O)Cc1cn2cc(F)ccc2n1. The van der Waals surface area contributed by atoms with Crippen LogP contribution in [0.1, 0.15) is 12.6 Å². The lowest BCUT2D eigenvalue weighted by molar-refractivity contribution is -0.142. The number of imidazole rings is 1. The van der Waals surface area contributed by atoms with Crippen LogP contribution in [0.2, 0.25) is 0 Å². The maximum Gasteiger partial charge on any atom is 0.311 e. The minimum atomic E-state index is -0.340. The first-order valence-electron chi connectivity index (χ1n) is 4.98. The van der Waals surface area contributed by atoms with E-state index in [2.05, 4.69) is 4.98 Å². The predicted octanol–water partition coefficient (Wildman–Crippen LogP) is 1.58. The highest BCUT2D eigenvalue weighted by molar-refractivity contribution is 5.72. The first-order chi connectivity index (χ1) is 7.69. The van der Waals surface area contributed by atoms with Crippen LogP contribution in [0, 0.1) is 5.82 Å². The molecule has 0 aliphatic heterocycles.